The van der Waals surface area contributed by atoms with Gasteiger partial charge in [0.25, 0.3) is 5.91 Å². The summed E-state index contributed by atoms with van der Waals surface area (Å²) in [5.74, 6) is 0.0417. The molecule has 3 aromatic carbocycles. The Kier molecular flexibility index (Phi) is 10.7. The maximum absolute atomic E-state index is 12.9. The van der Waals surface area contributed by atoms with Crippen LogP contribution in [0.3, 0.4) is 0 Å². The Morgan fingerprint density at radius 3 is 2.23 bits per heavy atom. The predicted octanol–water partition coefficient (Wildman–Crippen LogP) is 5.98. The van der Waals surface area contributed by atoms with E-state index in [4.69, 9.17) is 4.74 Å². The minimum atomic E-state index is -0.421. The number of nitrogens with zero attached hydrogens (tertiary/aromatic N) is 3. The van der Waals surface area contributed by atoms with Crippen LogP contribution in [0, 0.1) is 0 Å². The van der Waals surface area contributed by atoms with Gasteiger partial charge in [0.05, 0.1) is 5.69 Å². The topological polar surface area (TPSA) is 65.1 Å². The third-order valence-electron chi connectivity index (χ3n) is 7.66. The molecule has 0 bridgehead atoms. The van der Waals surface area contributed by atoms with Crippen LogP contribution >= 0.6 is 0 Å². The van der Waals surface area contributed by atoms with Gasteiger partial charge in [0, 0.05) is 50.9 Å². The molecule has 1 heterocycles. The molecule has 3 aromatic rings. The number of ether oxygens (including phenoxy) is 1. The summed E-state index contributed by atoms with van der Waals surface area (Å²) in [5, 5.41) is 2.93. The minimum Gasteiger partial charge on any atom is -0.446 e. The van der Waals surface area contributed by atoms with E-state index in [1.54, 1.807) is 4.90 Å². The zero-order valence-electron chi connectivity index (χ0n) is 24.0. The Hall–Kier alpha value is -3.68. The molecule has 1 aliphatic heterocycles. The van der Waals surface area contributed by atoms with Gasteiger partial charge in [-0.15, -0.1) is 0 Å². The van der Waals surface area contributed by atoms with Gasteiger partial charge in [-0.05, 0) is 55.3 Å². The van der Waals surface area contributed by atoms with Crippen molar-refractivity contribution in [2.75, 3.05) is 51.6 Å². The molecule has 4 rings (SSSR count). The van der Waals surface area contributed by atoms with Crippen LogP contribution in [0.25, 0.3) is 11.1 Å². The second kappa shape index (κ2) is 14.6. The summed E-state index contributed by atoms with van der Waals surface area (Å²) in [6.07, 6.45) is 1.02. The van der Waals surface area contributed by atoms with Crippen LogP contribution in [0.2, 0.25) is 0 Å². The van der Waals surface area contributed by atoms with Crippen molar-refractivity contribution in [1.82, 2.24) is 14.7 Å². The summed E-state index contributed by atoms with van der Waals surface area (Å²) in [6, 6.07) is 25.7. The van der Waals surface area contributed by atoms with Gasteiger partial charge in [-0.3, -0.25) is 15.0 Å². The Balaban J connectivity index is 1.19. The lowest BCUT2D eigenvalue weighted by Crippen LogP contribution is -2.42. The maximum Gasteiger partial charge on any atom is 0.411 e. The van der Waals surface area contributed by atoms with Crippen molar-refractivity contribution in [2.24, 2.45) is 0 Å². The van der Waals surface area contributed by atoms with Crippen molar-refractivity contribution < 1.29 is 14.3 Å². The summed E-state index contributed by atoms with van der Waals surface area (Å²) in [6.45, 7) is 10.4. The molecule has 212 valence electrons. The number of likely N-dealkylation sites (N-methyl/N-ethyl adjacent to an activating group) is 1. The lowest BCUT2D eigenvalue weighted by molar-refractivity contribution is 0.0540. The smallest absolute Gasteiger partial charge is 0.411 e. The number of likely N-dealkylation sites (tertiary alicyclic amines) is 1. The number of amides is 2. The maximum atomic E-state index is 12.9. The van der Waals surface area contributed by atoms with Crippen molar-refractivity contribution in [2.45, 2.75) is 39.3 Å². The minimum absolute atomic E-state index is 0.0417. The highest BCUT2D eigenvalue weighted by atomic mass is 16.6. The van der Waals surface area contributed by atoms with Crippen molar-refractivity contribution in [1.29, 1.82) is 0 Å². The number of nitrogens with one attached hydrogen (secondary N) is 1. The highest BCUT2D eigenvalue weighted by molar-refractivity contribution is 5.94. The largest absolute Gasteiger partial charge is 0.446 e. The van der Waals surface area contributed by atoms with Gasteiger partial charge in [-0.2, -0.15) is 0 Å². The van der Waals surface area contributed by atoms with Crippen molar-refractivity contribution in [3.05, 3.63) is 90.0 Å². The molecule has 7 heteroatoms. The summed E-state index contributed by atoms with van der Waals surface area (Å²) in [4.78, 5) is 32.1. The van der Waals surface area contributed by atoms with Crippen LogP contribution < -0.4 is 5.32 Å². The first-order valence-corrected chi connectivity index (χ1v) is 14.4. The molecule has 0 unspecified atom stereocenters. The predicted molar refractivity (Wildman–Crippen MR) is 161 cm³/mol. The van der Waals surface area contributed by atoms with Crippen LogP contribution in [0.15, 0.2) is 78.9 Å². The molecule has 2 amide bonds. The Bertz CT molecular complexity index is 1220. The third kappa shape index (κ3) is 8.16. The number of carbonyl (C=O) groups is 2. The molecule has 0 radical (unpaired) electrons. The first-order valence-electron chi connectivity index (χ1n) is 14.4. The van der Waals surface area contributed by atoms with E-state index < -0.39 is 6.09 Å². The fraction of sp³-hybridized carbons (Fsp3) is 0.394. The molecule has 0 atom stereocenters. The normalized spacial score (nSPS) is 14.2. The monoisotopic (exact) mass is 542 g/mol. The lowest BCUT2D eigenvalue weighted by atomic mass is 10.0. The second-order valence-electron chi connectivity index (χ2n) is 10.4. The number of rotatable bonds is 11. The quantitative estimate of drug-likeness (QED) is 0.323. The lowest BCUT2D eigenvalue weighted by Gasteiger charge is -2.32. The van der Waals surface area contributed by atoms with Gasteiger partial charge in [0.2, 0.25) is 0 Å². The molecular weight excluding hydrogens is 500 g/mol. The van der Waals surface area contributed by atoms with E-state index in [-0.39, 0.29) is 12.0 Å². The fourth-order valence-corrected chi connectivity index (χ4v) is 5.07. The van der Waals surface area contributed by atoms with E-state index in [0.29, 0.717) is 6.54 Å². The van der Waals surface area contributed by atoms with Crippen molar-refractivity contribution in [3.63, 3.8) is 0 Å². The van der Waals surface area contributed by atoms with Gasteiger partial charge < -0.3 is 14.5 Å². The number of anilines is 1. The van der Waals surface area contributed by atoms with E-state index in [1.807, 2.05) is 73.8 Å². The summed E-state index contributed by atoms with van der Waals surface area (Å²) < 4.78 is 5.76. The summed E-state index contributed by atoms with van der Waals surface area (Å²) >= 11 is 0. The van der Waals surface area contributed by atoms with Crippen molar-refractivity contribution >= 4 is 17.7 Å². The van der Waals surface area contributed by atoms with Crippen LogP contribution in [-0.2, 0) is 11.3 Å². The van der Waals surface area contributed by atoms with Gasteiger partial charge in [0.15, 0.2) is 0 Å². The second-order valence-corrected chi connectivity index (χ2v) is 10.4. The number of para-hydroxylation sites is 1. The van der Waals surface area contributed by atoms with Gasteiger partial charge in [-0.1, -0.05) is 74.5 Å². The zero-order valence-corrected chi connectivity index (χ0v) is 24.0. The van der Waals surface area contributed by atoms with Crippen LogP contribution in [-0.4, -0.2) is 79.1 Å². The van der Waals surface area contributed by atoms with Crippen LogP contribution in [0.4, 0.5) is 10.5 Å². The van der Waals surface area contributed by atoms with Gasteiger partial charge in [-0.25, -0.2) is 4.79 Å². The summed E-state index contributed by atoms with van der Waals surface area (Å²) in [5.41, 5.74) is 4.69. The highest BCUT2D eigenvalue weighted by Crippen LogP contribution is 2.28. The zero-order chi connectivity index (χ0) is 28.3. The molecule has 7 nitrogen and oxygen atoms in total. The molecule has 1 fully saturated rings. The fourth-order valence-electron chi connectivity index (χ4n) is 5.07. The molecule has 0 saturated carbocycles. The Morgan fingerprint density at radius 1 is 0.900 bits per heavy atom. The van der Waals surface area contributed by atoms with E-state index >= 15 is 0 Å². The average molecular weight is 543 g/mol. The molecular formula is C33H42N4O3. The van der Waals surface area contributed by atoms with E-state index in [9.17, 15) is 9.59 Å². The first-order chi connectivity index (χ1) is 19.5. The average Bonchev–Trinajstić information content (AvgIpc) is 3.00. The van der Waals surface area contributed by atoms with Crippen molar-refractivity contribution in [3.8, 4) is 11.1 Å². The Morgan fingerprint density at radius 2 is 1.55 bits per heavy atom. The van der Waals surface area contributed by atoms with Gasteiger partial charge >= 0.3 is 6.09 Å². The summed E-state index contributed by atoms with van der Waals surface area (Å²) in [7, 11) is 1.86. The van der Waals surface area contributed by atoms with Gasteiger partial charge in [0.1, 0.15) is 6.10 Å². The Labute approximate surface area is 238 Å². The SMILES string of the molecule is CCN(CC)Cc1ccc(C(=O)N(C)CCN2CCC(OC(=O)Nc3ccccc3-c3ccccc3)CC2)cc1. The molecule has 0 aliphatic carbocycles. The highest BCUT2D eigenvalue weighted by Gasteiger charge is 2.23. The molecule has 40 heavy (non-hydrogen) atoms. The number of carbonyl (C=O) groups excluding carboxylic acids is 2. The standard InChI is InChI=1S/C33H42N4O3/c1-4-36(5-2)25-26-15-17-28(18-16-26)32(38)35(3)23-24-37-21-19-29(20-22-37)40-33(39)34-31-14-10-9-13-30(31)27-11-7-6-8-12-27/h6-18,29H,4-5,19-25H2,1-3H3,(H,34,39). The first kappa shape index (κ1) is 29.3. The number of hydrogen-bond donors (Lipinski definition) is 1. The molecule has 1 saturated heterocycles. The van der Waals surface area contributed by atoms with E-state index in [2.05, 4.69) is 41.1 Å². The molecule has 0 spiro atoms. The van der Waals surface area contributed by atoms with E-state index in [0.717, 1.165) is 74.5 Å². The molecule has 1 aliphatic rings. The van der Waals surface area contributed by atoms with Crippen LogP contribution in [0.1, 0.15) is 42.6 Å². The number of benzene rings is 3. The number of piperidine rings is 1. The third-order valence-corrected chi connectivity index (χ3v) is 7.66. The van der Waals surface area contributed by atoms with Crippen LogP contribution in [0.5, 0.6) is 0 Å². The molecule has 0 aromatic heterocycles. The van der Waals surface area contributed by atoms with E-state index in [1.165, 1.54) is 5.56 Å². The molecule has 1 N–H and O–H groups in total. The number of hydrogen-bond acceptors (Lipinski definition) is 5.